The van der Waals surface area contributed by atoms with Crippen molar-refractivity contribution in [1.82, 2.24) is 4.98 Å². The smallest absolute Gasteiger partial charge is 0.144 e. The number of hydrogen-bond acceptors (Lipinski definition) is 2. The minimum atomic E-state index is -2.81. The van der Waals surface area contributed by atoms with Gasteiger partial charge in [-0.3, -0.25) is 4.98 Å². The zero-order chi connectivity index (χ0) is 26.2. The summed E-state index contributed by atoms with van der Waals surface area (Å²) in [6.07, 6.45) is -2.79. The lowest BCUT2D eigenvalue weighted by atomic mass is 9.86. The van der Waals surface area contributed by atoms with Crippen LogP contribution >= 0.6 is 0 Å². The zero-order valence-electron chi connectivity index (χ0n) is 23.6. The van der Waals surface area contributed by atoms with Gasteiger partial charge in [-0.25, -0.2) is 0 Å². The SMILES string of the molecule is [2H]c1nc(-c2cccc3c2oc2cc4ccccc4cc23)c([2H])c(C([2H])([2H])C(C)(C)C)c1C([2H])([2H])[2H]. The normalized spacial score (nSPS) is 16.7. The second-order valence-corrected chi connectivity index (χ2v) is 8.30. The van der Waals surface area contributed by atoms with Gasteiger partial charge in [-0.1, -0.05) is 57.2 Å². The van der Waals surface area contributed by atoms with Crippen molar-refractivity contribution in [3.8, 4) is 11.3 Å². The molecule has 0 aliphatic rings. The topological polar surface area (TPSA) is 26.0 Å². The van der Waals surface area contributed by atoms with E-state index in [0.717, 1.165) is 21.5 Å². The lowest BCUT2D eigenvalue weighted by Gasteiger charge is -2.20. The molecule has 0 saturated heterocycles. The van der Waals surface area contributed by atoms with Gasteiger partial charge in [0.2, 0.25) is 0 Å². The fourth-order valence-electron chi connectivity index (χ4n) is 3.64. The second kappa shape index (κ2) is 6.45. The van der Waals surface area contributed by atoms with Crippen molar-refractivity contribution >= 4 is 32.7 Å². The van der Waals surface area contributed by atoms with Crippen molar-refractivity contribution in [3.63, 3.8) is 0 Å². The minimum Gasteiger partial charge on any atom is -0.455 e. The molecule has 0 amide bonds. The van der Waals surface area contributed by atoms with Gasteiger partial charge in [0.1, 0.15) is 11.2 Å². The van der Waals surface area contributed by atoms with E-state index < -0.39 is 30.4 Å². The first-order chi connectivity index (χ1) is 16.7. The maximum absolute atomic E-state index is 8.99. The molecule has 0 saturated carbocycles. The van der Waals surface area contributed by atoms with Crippen molar-refractivity contribution in [2.75, 3.05) is 0 Å². The molecule has 0 fully saturated rings. The van der Waals surface area contributed by atoms with Crippen LogP contribution in [-0.2, 0) is 6.37 Å². The second-order valence-electron chi connectivity index (χ2n) is 8.30. The molecule has 2 heteroatoms. The Morgan fingerprint density at radius 3 is 2.59 bits per heavy atom. The Morgan fingerprint density at radius 1 is 1.03 bits per heavy atom. The molecular weight excluding hydrogens is 354 g/mol. The van der Waals surface area contributed by atoms with E-state index in [-0.39, 0.29) is 17.3 Å². The summed E-state index contributed by atoms with van der Waals surface area (Å²) in [6.45, 7) is 2.12. The molecule has 0 unspecified atom stereocenters. The van der Waals surface area contributed by atoms with Gasteiger partial charge in [0, 0.05) is 29.4 Å². The van der Waals surface area contributed by atoms with E-state index in [1.165, 1.54) is 0 Å². The van der Waals surface area contributed by atoms with Gasteiger partial charge in [0.05, 0.1) is 8.44 Å². The molecule has 0 radical (unpaired) electrons. The van der Waals surface area contributed by atoms with E-state index in [4.69, 9.17) is 14.0 Å². The first kappa shape index (κ1) is 11.8. The van der Waals surface area contributed by atoms with Crippen LogP contribution in [0.5, 0.6) is 0 Å². The average Bonchev–Trinajstić information content (AvgIpc) is 3.14. The summed E-state index contributed by atoms with van der Waals surface area (Å²) < 4.78 is 65.4. The minimum absolute atomic E-state index is 0.0188. The Labute approximate surface area is 181 Å². The first-order valence-corrected chi connectivity index (χ1v) is 9.58. The molecule has 144 valence electrons. The van der Waals surface area contributed by atoms with Crippen LogP contribution in [0.4, 0.5) is 0 Å². The number of furan rings is 1. The summed E-state index contributed by atoms with van der Waals surface area (Å²) >= 11 is 0. The predicted octanol–water partition coefficient (Wildman–Crippen LogP) is 7.70. The Balaban J connectivity index is 1.87. The highest BCUT2D eigenvalue weighted by Crippen LogP contribution is 2.37. The third-order valence-corrected chi connectivity index (χ3v) is 4.89. The molecule has 3 aromatic carbocycles. The molecule has 0 N–H and O–H groups in total. The van der Waals surface area contributed by atoms with Crippen LogP contribution in [0.3, 0.4) is 0 Å². The maximum Gasteiger partial charge on any atom is 0.144 e. The first-order valence-electron chi connectivity index (χ1n) is 13.1. The highest BCUT2D eigenvalue weighted by Gasteiger charge is 2.17. The summed E-state index contributed by atoms with van der Waals surface area (Å²) in [7, 11) is 0. The Bertz CT molecular complexity index is 1660. The number of para-hydroxylation sites is 1. The van der Waals surface area contributed by atoms with Gasteiger partial charge in [0.15, 0.2) is 0 Å². The van der Waals surface area contributed by atoms with Crippen molar-refractivity contribution in [1.29, 1.82) is 0 Å². The molecule has 0 spiro atoms. The van der Waals surface area contributed by atoms with Crippen LogP contribution in [0, 0.1) is 12.3 Å². The van der Waals surface area contributed by atoms with Gasteiger partial charge >= 0.3 is 0 Å². The number of aromatic nitrogens is 1. The fourth-order valence-corrected chi connectivity index (χ4v) is 3.64. The molecule has 2 aromatic heterocycles. The van der Waals surface area contributed by atoms with Crippen LogP contribution in [0.1, 0.15) is 41.5 Å². The third-order valence-electron chi connectivity index (χ3n) is 4.89. The fraction of sp³-hybridized carbons (Fsp3) is 0.222. The molecule has 0 atom stereocenters. The molecule has 0 aliphatic carbocycles. The number of fused-ring (bicyclic) bond motifs is 4. The van der Waals surface area contributed by atoms with E-state index in [1.54, 1.807) is 32.9 Å². The van der Waals surface area contributed by atoms with Crippen molar-refractivity contribution < 1.29 is 14.0 Å². The summed E-state index contributed by atoms with van der Waals surface area (Å²) in [5.41, 5.74) is -0.368. The molecule has 2 heterocycles. The van der Waals surface area contributed by atoms with Crippen LogP contribution in [0.2, 0.25) is 0 Å². The highest BCUT2D eigenvalue weighted by atomic mass is 16.3. The average molecular weight is 387 g/mol. The number of benzene rings is 3. The highest BCUT2D eigenvalue weighted by molar-refractivity contribution is 6.13. The number of pyridine rings is 1. The third kappa shape index (κ3) is 3.19. The van der Waals surface area contributed by atoms with Crippen molar-refractivity contribution in [2.45, 2.75) is 34.0 Å². The quantitative estimate of drug-likeness (QED) is 0.311. The van der Waals surface area contributed by atoms with Gasteiger partial charge in [-0.05, 0) is 64.8 Å². The van der Waals surface area contributed by atoms with Gasteiger partial charge < -0.3 is 4.42 Å². The number of nitrogens with zero attached hydrogens (tertiary/aromatic N) is 1. The summed E-state index contributed by atoms with van der Waals surface area (Å²) in [5.74, 6) is 0. The summed E-state index contributed by atoms with van der Waals surface area (Å²) in [6, 6.07) is 16.9. The van der Waals surface area contributed by atoms with E-state index in [9.17, 15) is 0 Å². The Kier molecular flexibility index (Phi) is 2.62. The molecule has 5 aromatic rings. The lowest BCUT2D eigenvalue weighted by Crippen LogP contribution is -2.10. The van der Waals surface area contributed by atoms with Crippen LogP contribution in [-0.4, -0.2) is 4.98 Å². The number of hydrogen-bond donors (Lipinski definition) is 0. The summed E-state index contributed by atoms with van der Waals surface area (Å²) in [5, 5.41) is 3.74. The molecular formula is C27H25NO. The molecule has 5 rings (SSSR count). The molecule has 0 bridgehead atoms. The van der Waals surface area contributed by atoms with Crippen LogP contribution < -0.4 is 0 Å². The predicted molar refractivity (Wildman–Crippen MR) is 122 cm³/mol. The van der Waals surface area contributed by atoms with Crippen LogP contribution in [0.25, 0.3) is 44.0 Å². The van der Waals surface area contributed by atoms with Crippen LogP contribution in [0.15, 0.2) is 71.2 Å². The van der Waals surface area contributed by atoms with E-state index in [0.29, 0.717) is 16.7 Å². The van der Waals surface area contributed by atoms with E-state index >= 15 is 0 Å². The molecule has 29 heavy (non-hydrogen) atoms. The molecule has 2 nitrogen and oxygen atoms in total. The maximum atomic E-state index is 8.99. The van der Waals surface area contributed by atoms with Gasteiger partial charge in [-0.15, -0.1) is 0 Å². The van der Waals surface area contributed by atoms with Gasteiger partial charge in [-0.2, -0.15) is 0 Å². The Hall–Kier alpha value is -3.13. The molecule has 0 aliphatic heterocycles. The monoisotopic (exact) mass is 386 g/mol. The van der Waals surface area contributed by atoms with Gasteiger partial charge in [0.25, 0.3) is 0 Å². The largest absolute Gasteiger partial charge is 0.455 e. The number of rotatable bonds is 2. The Morgan fingerprint density at radius 2 is 1.83 bits per heavy atom. The zero-order valence-corrected chi connectivity index (χ0v) is 16.6. The standard InChI is InChI=1S/C27H25NO/c1-17-16-28-24(13-20(17)15-27(2,3)4)22-11-7-10-21-23-12-18-8-5-6-9-19(18)14-25(23)29-26(21)22/h5-14,16H,15H2,1-4H3/i1D3,13D,15D2,16D. The van der Waals surface area contributed by atoms with E-state index in [1.807, 2.05) is 42.5 Å². The lowest BCUT2D eigenvalue weighted by molar-refractivity contribution is 0.410. The summed E-state index contributed by atoms with van der Waals surface area (Å²) in [4.78, 5) is 4.23. The van der Waals surface area contributed by atoms with Crippen molar-refractivity contribution in [3.05, 3.63) is 77.9 Å². The van der Waals surface area contributed by atoms with Crippen molar-refractivity contribution in [2.24, 2.45) is 5.41 Å². The van der Waals surface area contributed by atoms with E-state index in [2.05, 4.69) is 4.98 Å².